The van der Waals surface area contributed by atoms with E-state index in [-0.39, 0.29) is 0 Å². The summed E-state index contributed by atoms with van der Waals surface area (Å²) >= 11 is 0. The molecular weight excluding hydrogens is 240 g/mol. The molecule has 11 aliphatic carbocycles. The molecule has 20 heavy (non-hydrogen) atoms. The average molecular weight is 260 g/mol. The molecule has 11 rings (SSSR count). The lowest BCUT2D eigenvalue weighted by atomic mass is 8.72. The molecule has 0 aliphatic heterocycles. The Balaban J connectivity index is 1.42. The highest BCUT2D eigenvalue weighted by molar-refractivity contribution is 5.77. The maximum Gasteiger partial charge on any atom is -0.00578 e. The van der Waals surface area contributed by atoms with Crippen molar-refractivity contribution in [2.24, 2.45) is 85.8 Å². The third-order valence-electron chi connectivity index (χ3n) is 14.6. The smallest absolute Gasteiger partial charge is 0.00578 e. The van der Waals surface area contributed by atoms with Gasteiger partial charge in [0.15, 0.2) is 0 Å². The molecular formula is C20H20. The highest BCUT2D eigenvalue weighted by atomic mass is 15.3. The molecule has 11 saturated carbocycles. The van der Waals surface area contributed by atoms with Crippen molar-refractivity contribution in [3.05, 3.63) is 0 Å². The zero-order valence-electron chi connectivity index (χ0n) is 12.0. The molecule has 100 valence electrons. The van der Waals surface area contributed by atoms with Crippen LogP contribution >= 0.6 is 0 Å². The largest absolute Gasteiger partial charge is 0.0582 e. The van der Waals surface area contributed by atoms with E-state index in [2.05, 4.69) is 6.92 Å². The van der Waals surface area contributed by atoms with Gasteiger partial charge in [-0.05, 0) is 111 Å². The summed E-state index contributed by atoms with van der Waals surface area (Å²) in [6.07, 6.45) is 6.87. The van der Waals surface area contributed by atoms with Gasteiger partial charge in [0.05, 0.1) is 0 Å². The predicted molar refractivity (Wildman–Crippen MR) is 70.2 cm³/mol. The van der Waals surface area contributed by atoms with Crippen LogP contribution in [0.5, 0.6) is 0 Å². The number of rotatable bonds is 0. The normalized spacial score (nSPS) is 111. The maximum absolute atomic E-state index is 2.87. The third-order valence-corrected chi connectivity index (χ3v) is 14.6. The lowest BCUT2D eigenvalue weighted by molar-refractivity contribution is -0.854. The Morgan fingerprint density at radius 2 is 1.20 bits per heavy atom. The van der Waals surface area contributed by atoms with E-state index in [1.54, 1.807) is 25.7 Å². The van der Waals surface area contributed by atoms with Crippen molar-refractivity contribution >= 4 is 0 Å². The quantitative estimate of drug-likeness (QED) is 0.627. The van der Waals surface area contributed by atoms with Gasteiger partial charge < -0.3 is 0 Å². The highest BCUT2D eigenvalue weighted by Crippen LogP contribution is 3.34. The van der Waals surface area contributed by atoms with Crippen LogP contribution in [0.2, 0.25) is 0 Å². The molecule has 5 spiro atoms. The molecule has 15 atom stereocenters. The zero-order valence-corrected chi connectivity index (χ0v) is 12.0. The zero-order chi connectivity index (χ0) is 12.0. The van der Waals surface area contributed by atoms with E-state index in [1.165, 1.54) is 53.3 Å². The first kappa shape index (κ1) is 8.02. The number of hydrogen-bond acceptors (Lipinski definition) is 0. The monoisotopic (exact) mass is 260 g/mol. The first-order valence-corrected chi connectivity index (χ1v) is 9.78. The summed E-state index contributed by atoms with van der Waals surface area (Å²) in [5.74, 6) is 11.6. The topological polar surface area (TPSA) is 0 Å². The third kappa shape index (κ3) is 0.222. The molecule has 0 heteroatoms. The molecule has 0 bridgehead atoms. The van der Waals surface area contributed by atoms with Crippen LogP contribution in [-0.2, 0) is 0 Å². The van der Waals surface area contributed by atoms with Crippen molar-refractivity contribution < 1.29 is 0 Å². The summed E-state index contributed by atoms with van der Waals surface area (Å²) in [4.78, 5) is 0. The van der Waals surface area contributed by atoms with E-state index in [4.69, 9.17) is 0 Å². The van der Waals surface area contributed by atoms with Crippen molar-refractivity contribution in [2.45, 2.75) is 32.6 Å². The average Bonchev–Trinajstić information content (AvgIpc) is 2.52. The molecule has 0 heterocycles. The fraction of sp³-hybridized carbons (Fsp3) is 1.00. The summed E-state index contributed by atoms with van der Waals surface area (Å²) in [6, 6.07) is 0. The molecule has 0 aromatic rings. The lowest BCUT2D eigenvalue weighted by Crippen LogP contribution is -3.28. The van der Waals surface area contributed by atoms with Gasteiger partial charge in [0.1, 0.15) is 0 Å². The first-order valence-electron chi connectivity index (χ1n) is 9.78. The molecule has 15 unspecified atom stereocenters. The Morgan fingerprint density at radius 1 is 0.600 bits per heavy atom. The van der Waals surface area contributed by atoms with Gasteiger partial charge in [-0.1, -0.05) is 6.92 Å². The Hall–Kier alpha value is 0. The van der Waals surface area contributed by atoms with E-state index in [0.717, 1.165) is 32.5 Å². The summed E-state index contributed by atoms with van der Waals surface area (Å²) in [7, 11) is 0. The van der Waals surface area contributed by atoms with Crippen LogP contribution in [-0.4, -0.2) is 0 Å². The van der Waals surface area contributed by atoms with Crippen LogP contribution in [0, 0.1) is 85.8 Å². The minimum atomic E-state index is 0.931. The molecule has 0 N–H and O–H groups in total. The Labute approximate surface area is 119 Å². The van der Waals surface area contributed by atoms with E-state index in [0.29, 0.717) is 0 Å². The van der Waals surface area contributed by atoms with E-state index in [9.17, 15) is 0 Å². The Bertz CT molecular complexity index is 809. The highest BCUT2D eigenvalue weighted by Gasteiger charge is 3.31. The molecule has 0 amide bonds. The minimum Gasteiger partial charge on any atom is -0.0582 e. The second-order valence-electron chi connectivity index (χ2n) is 11.8. The fourth-order valence-electron chi connectivity index (χ4n) is 16.8. The van der Waals surface area contributed by atoms with E-state index < -0.39 is 0 Å². The standard InChI is InChI=1S/C20H20/c1-15-9-2-6-3-10-14-12-5-8-7-4-11-13(9)19(15)17(7,11)18(8,12)20(14,19)16(6,10)15/h6-14H,2-5H2,1H3. The summed E-state index contributed by atoms with van der Waals surface area (Å²) < 4.78 is 0. The van der Waals surface area contributed by atoms with Gasteiger partial charge in [0.25, 0.3) is 0 Å². The SMILES string of the molecule is CC12C3CC4CC5C6C7CC8C9CC%10C3C13C9%10C87C63C452. The summed E-state index contributed by atoms with van der Waals surface area (Å²) in [5.41, 5.74) is 6.17. The molecule has 0 nitrogen and oxygen atoms in total. The second-order valence-corrected chi connectivity index (χ2v) is 11.8. The predicted octanol–water partition coefficient (Wildman–Crippen LogP) is 3.18. The Kier molecular flexibility index (Phi) is 0.550. The van der Waals surface area contributed by atoms with Gasteiger partial charge in [-0.15, -0.1) is 0 Å². The first-order chi connectivity index (χ1) is 9.78. The van der Waals surface area contributed by atoms with Gasteiger partial charge in [0.2, 0.25) is 0 Å². The molecule has 0 radical (unpaired) electrons. The van der Waals surface area contributed by atoms with Gasteiger partial charge in [-0.3, -0.25) is 0 Å². The Morgan fingerprint density at radius 3 is 2.00 bits per heavy atom. The van der Waals surface area contributed by atoms with Crippen molar-refractivity contribution in [3.8, 4) is 0 Å². The summed E-state index contributed by atoms with van der Waals surface area (Å²) in [5, 5.41) is 0. The van der Waals surface area contributed by atoms with Crippen LogP contribution in [0.1, 0.15) is 32.6 Å². The van der Waals surface area contributed by atoms with Crippen LogP contribution < -0.4 is 0 Å². The lowest BCUT2D eigenvalue weighted by Gasteiger charge is -3.31. The molecule has 0 saturated heterocycles. The molecule has 11 fully saturated rings. The summed E-state index contributed by atoms with van der Waals surface area (Å²) in [6.45, 7) is 2.87. The van der Waals surface area contributed by atoms with Gasteiger partial charge >= 0.3 is 0 Å². The van der Waals surface area contributed by atoms with Gasteiger partial charge in [-0.25, -0.2) is 0 Å². The molecule has 0 aromatic carbocycles. The maximum atomic E-state index is 2.87. The van der Waals surface area contributed by atoms with Crippen LogP contribution in [0.15, 0.2) is 0 Å². The van der Waals surface area contributed by atoms with Gasteiger partial charge in [-0.2, -0.15) is 0 Å². The molecule has 11 aliphatic rings. The van der Waals surface area contributed by atoms with Crippen molar-refractivity contribution in [3.63, 3.8) is 0 Å². The van der Waals surface area contributed by atoms with Crippen LogP contribution in [0.25, 0.3) is 0 Å². The molecule has 0 aromatic heterocycles. The minimum absolute atomic E-state index is 0.931. The van der Waals surface area contributed by atoms with E-state index in [1.807, 2.05) is 0 Å². The second kappa shape index (κ2) is 1.37. The van der Waals surface area contributed by atoms with Crippen molar-refractivity contribution in [1.29, 1.82) is 0 Å². The number of hydrogen-bond donors (Lipinski definition) is 0. The van der Waals surface area contributed by atoms with Crippen molar-refractivity contribution in [2.75, 3.05) is 0 Å². The van der Waals surface area contributed by atoms with Crippen LogP contribution in [0.3, 0.4) is 0 Å². The van der Waals surface area contributed by atoms with Crippen molar-refractivity contribution in [1.82, 2.24) is 0 Å². The fourth-order valence-corrected chi connectivity index (χ4v) is 16.8. The van der Waals surface area contributed by atoms with E-state index >= 15 is 0 Å². The number of fused-ring (bicyclic) bond motifs is 5. The van der Waals surface area contributed by atoms with Gasteiger partial charge in [0, 0.05) is 0 Å². The van der Waals surface area contributed by atoms with Crippen LogP contribution in [0.4, 0.5) is 0 Å².